The number of carbonyl (C=O) groups excluding carboxylic acids is 1. The van der Waals surface area contributed by atoms with Gasteiger partial charge in [-0.25, -0.2) is 0 Å². The second kappa shape index (κ2) is 6.76. The average Bonchev–Trinajstić information content (AvgIpc) is 2.45. The molecule has 2 aromatic rings. The van der Waals surface area contributed by atoms with Gasteiger partial charge in [-0.15, -0.1) is 0 Å². The lowest BCUT2D eigenvalue weighted by molar-refractivity contribution is -0.122. The van der Waals surface area contributed by atoms with Crippen molar-refractivity contribution in [2.24, 2.45) is 0 Å². The van der Waals surface area contributed by atoms with Crippen molar-refractivity contribution in [3.8, 4) is 5.75 Å². The Kier molecular flexibility index (Phi) is 5.02. The number of aryl methyl sites for hydroxylation is 2. The Balaban J connectivity index is 2.06. The van der Waals surface area contributed by atoms with E-state index in [9.17, 15) is 4.79 Å². The van der Waals surface area contributed by atoms with Gasteiger partial charge in [-0.1, -0.05) is 24.3 Å². The fourth-order valence-electron chi connectivity index (χ4n) is 1.88. The van der Waals surface area contributed by atoms with Crippen molar-refractivity contribution in [2.45, 2.75) is 26.9 Å². The molecule has 110 valence electrons. The quantitative estimate of drug-likeness (QED) is 0.885. The first-order chi connectivity index (χ1) is 9.97. The third-order valence-electron chi connectivity index (χ3n) is 3.15. The normalized spacial score (nSPS) is 11.8. The fourth-order valence-corrected chi connectivity index (χ4v) is 2.26. The molecule has 2 aromatic carbocycles. The number of anilines is 1. The Morgan fingerprint density at radius 1 is 1.19 bits per heavy atom. The monoisotopic (exact) mass is 347 g/mol. The highest BCUT2D eigenvalue weighted by atomic mass is 79.9. The molecule has 0 fully saturated rings. The van der Waals surface area contributed by atoms with Crippen LogP contribution in [0.25, 0.3) is 0 Å². The van der Waals surface area contributed by atoms with Gasteiger partial charge in [-0.2, -0.15) is 0 Å². The molecule has 0 bridgehead atoms. The van der Waals surface area contributed by atoms with Crippen molar-refractivity contribution in [3.05, 3.63) is 58.1 Å². The Morgan fingerprint density at radius 2 is 1.90 bits per heavy atom. The second-order valence-corrected chi connectivity index (χ2v) is 5.85. The highest BCUT2D eigenvalue weighted by Gasteiger charge is 2.16. The van der Waals surface area contributed by atoms with Crippen LogP contribution in [-0.4, -0.2) is 12.0 Å². The zero-order chi connectivity index (χ0) is 15.4. The molecule has 0 aliphatic carbocycles. The molecule has 0 aliphatic rings. The minimum absolute atomic E-state index is 0.178. The van der Waals surface area contributed by atoms with Crippen LogP contribution in [0.3, 0.4) is 0 Å². The van der Waals surface area contributed by atoms with E-state index in [0.717, 1.165) is 27.0 Å². The molecule has 0 heterocycles. The van der Waals surface area contributed by atoms with Gasteiger partial charge in [0.1, 0.15) is 5.75 Å². The smallest absolute Gasteiger partial charge is 0.265 e. The van der Waals surface area contributed by atoms with E-state index in [4.69, 9.17) is 4.74 Å². The van der Waals surface area contributed by atoms with Crippen LogP contribution in [0.5, 0.6) is 5.75 Å². The molecule has 4 heteroatoms. The molecule has 1 amide bonds. The minimum Gasteiger partial charge on any atom is -0.481 e. The standard InChI is InChI=1S/C17H18BrNO2/c1-11-8-9-12(2)16(10-11)21-13(3)17(20)19-15-7-5-4-6-14(15)18/h4-10,13H,1-3H3,(H,19,20)/t13-/m0/s1. The van der Waals surface area contributed by atoms with Gasteiger partial charge >= 0.3 is 0 Å². The molecular formula is C17H18BrNO2. The maximum atomic E-state index is 12.2. The number of amides is 1. The van der Waals surface area contributed by atoms with Crippen LogP contribution in [0.4, 0.5) is 5.69 Å². The van der Waals surface area contributed by atoms with Gasteiger partial charge in [0.2, 0.25) is 0 Å². The highest BCUT2D eigenvalue weighted by Crippen LogP contribution is 2.23. The molecule has 0 aromatic heterocycles. The number of hydrogen-bond acceptors (Lipinski definition) is 2. The van der Waals surface area contributed by atoms with Gasteiger partial charge in [-0.05, 0) is 66.0 Å². The molecule has 21 heavy (non-hydrogen) atoms. The Bertz CT molecular complexity index is 655. The lowest BCUT2D eigenvalue weighted by Gasteiger charge is -2.17. The van der Waals surface area contributed by atoms with Gasteiger partial charge in [-0.3, -0.25) is 4.79 Å². The van der Waals surface area contributed by atoms with Crippen LogP contribution in [-0.2, 0) is 4.79 Å². The van der Waals surface area contributed by atoms with Crippen molar-refractivity contribution in [3.63, 3.8) is 0 Å². The maximum Gasteiger partial charge on any atom is 0.265 e. The number of benzene rings is 2. The highest BCUT2D eigenvalue weighted by molar-refractivity contribution is 9.10. The van der Waals surface area contributed by atoms with Crippen molar-refractivity contribution in [1.29, 1.82) is 0 Å². The molecule has 0 radical (unpaired) electrons. The predicted octanol–water partition coefficient (Wildman–Crippen LogP) is 4.47. The van der Waals surface area contributed by atoms with Crippen molar-refractivity contribution in [2.75, 3.05) is 5.32 Å². The van der Waals surface area contributed by atoms with Crippen molar-refractivity contribution in [1.82, 2.24) is 0 Å². The Labute approximate surface area is 133 Å². The van der Waals surface area contributed by atoms with E-state index in [1.165, 1.54) is 0 Å². The lowest BCUT2D eigenvalue weighted by atomic mass is 10.1. The molecular weight excluding hydrogens is 330 g/mol. The van der Waals surface area contributed by atoms with Gasteiger partial charge in [0.05, 0.1) is 5.69 Å². The summed E-state index contributed by atoms with van der Waals surface area (Å²) in [6.45, 7) is 5.71. The van der Waals surface area contributed by atoms with Crippen LogP contribution < -0.4 is 10.1 Å². The van der Waals surface area contributed by atoms with Crippen LogP contribution in [0, 0.1) is 13.8 Å². The summed E-state index contributed by atoms with van der Waals surface area (Å²) in [6.07, 6.45) is -0.572. The summed E-state index contributed by atoms with van der Waals surface area (Å²) in [5, 5.41) is 2.85. The van der Waals surface area contributed by atoms with Crippen LogP contribution in [0.15, 0.2) is 46.9 Å². The molecule has 0 unspecified atom stereocenters. The van der Waals surface area contributed by atoms with E-state index in [-0.39, 0.29) is 5.91 Å². The number of para-hydroxylation sites is 1. The largest absolute Gasteiger partial charge is 0.481 e. The van der Waals surface area contributed by atoms with E-state index in [2.05, 4.69) is 21.2 Å². The number of hydrogen-bond donors (Lipinski definition) is 1. The zero-order valence-electron chi connectivity index (χ0n) is 12.3. The third kappa shape index (κ3) is 4.08. The first kappa shape index (κ1) is 15.6. The number of ether oxygens (including phenoxy) is 1. The second-order valence-electron chi connectivity index (χ2n) is 5.00. The van der Waals surface area contributed by atoms with Crippen LogP contribution >= 0.6 is 15.9 Å². The predicted molar refractivity (Wildman–Crippen MR) is 88.8 cm³/mol. The van der Waals surface area contributed by atoms with E-state index < -0.39 is 6.10 Å². The minimum atomic E-state index is -0.572. The van der Waals surface area contributed by atoms with Gasteiger partial charge in [0.15, 0.2) is 6.10 Å². The summed E-state index contributed by atoms with van der Waals surface area (Å²) in [5.74, 6) is 0.563. The molecule has 0 saturated heterocycles. The number of rotatable bonds is 4. The molecule has 0 saturated carbocycles. The summed E-state index contributed by atoms with van der Waals surface area (Å²) in [6, 6.07) is 13.4. The summed E-state index contributed by atoms with van der Waals surface area (Å²) in [7, 11) is 0. The van der Waals surface area contributed by atoms with E-state index in [1.807, 2.05) is 56.3 Å². The van der Waals surface area contributed by atoms with E-state index >= 15 is 0 Å². The van der Waals surface area contributed by atoms with Gasteiger partial charge < -0.3 is 10.1 Å². The van der Waals surface area contributed by atoms with Crippen LogP contribution in [0.1, 0.15) is 18.1 Å². The number of carbonyl (C=O) groups is 1. The summed E-state index contributed by atoms with van der Waals surface area (Å²) in [5.41, 5.74) is 2.86. The first-order valence-corrected chi connectivity index (χ1v) is 7.56. The van der Waals surface area contributed by atoms with Crippen molar-refractivity contribution >= 4 is 27.5 Å². The van der Waals surface area contributed by atoms with Gasteiger partial charge in [0.25, 0.3) is 5.91 Å². The molecule has 0 spiro atoms. The maximum absolute atomic E-state index is 12.2. The van der Waals surface area contributed by atoms with Crippen molar-refractivity contribution < 1.29 is 9.53 Å². The Hall–Kier alpha value is -1.81. The fraction of sp³-hybridized carbons (Fsp3) is 0.235. The molecule has 0 aliphatic heterocycles. The Morgan fingerprint density at radius 3 is 2.62 bits per heavy atom. The van der Waals surface area contributed by atoms with Gasteiger partial charge in [0, 0.05) is 4.47 Å². The SMILES string of the molecule is Cc1ccc(C)c(O[C@@H](C)C(=O)Nc2ccccc2Br)c1. The molecule has 1 atom stereocenters. The molecule has 3 nitrogen and oxygen atoms in total. The number of halogens is 1. The zero-order valence-corrected chi connectivity index (χ0v) is 13.9. The molecule has 2 rings (SSSR count). The number of nitrogens with one attached hydrogen (secondary N) is 1. The van der Waals surface area contributed by atoms with E-state index in [1.54, 1.807) is 6.92 Å². The summed E-state index contributed by atoms with van der Waals surface area (Å²) >= 11 is 3.41. The summed E-state index contributed by atoms with van der Waals surface area (Å²) in [4.78, 5) is 12.2. The topological polar surface area (TPSA) is 38.3 Å². The lowest BCUT2D eigenvalue weighted by Crippen LogP contribution is -2.30. The van der Waals surface area contributed by atoms with E-state index in [0.29, 0.717) is 0 Å². The average molecular weight is 348 g/mol. The third-order valence-corrected chi connectivity index (χ3v) is 3.84. The first-order valence-electron chi connectivity index (χ1n) is 6.76. The summed E-state index contributed by atoms with van der Waals surface area (Å²) < 4.78 is 6.62. The molecule has 1 N–H and O–H groups in total. The van der Waals surface area contributed by atoms with Crippen LogP contribution in [0.2, 0.25) is 0 Å².